The highest BCUT2D eigenvalue weighted by Crippen LogP contribution is 2.38. The Morgan fingerprint density at radius 2 is 1.35 bits per heavy atom. The van der Waals surface area contributed by atoms with Gasteiger partial charge < -0.3 is 4.43 Å². The van der Waals surface area contributed by atoms with Crippen molar-refractivity contribution < 1.29 is 9.22 Å². The second-order valence-electron chi connectivity index (χ2n) is 11.2. The van der Waals surface area contributed by atoms with Crippen molar-refractivity contribution >= 4 is 24.5 Å². The third kappa shape index (κ3) is 6.22. The van der Waals surface area contributed by atoms with Crippen LogP contribution in [0.4, 0.5) is 0 Å². The molecule has 37 heavy (non-hydrogen) atoms. The number of hydrogen-bond acceptors (Lipinski definition) is 2. The van der Waals surface area contributed by atoms with Crippen molar-refractivity contribution in [2.24, 2.45) is 11.8 Å². The first-order chi connectivity index (χ1) is 17.8. The van der Waals surface area contributed by atoms with E-state index < -0.39 is 13.9 Å². The Morgan fingerprint density at radius 1 is 0.865 bits per heavy atom. The van der Waals surface area contributed by atoms with Gasteiger partial charge in [0.05, 0.1) is 0 Å². The van der Waals surface area contributed by atoms with Crippen molar-refractivity contribution in [1.29, 1.82) is 0 Å². The van der Waals surface area contributed by atoms with E-state index in [0.717, 1.165) is 11.1 Å². The molecule has 0 bridgehead atoms. The monoisotopic (exact) mass is 510 g/mol. The molecule has 1 aliphatic rings. The zero-order valence-electron chi connectivity index (χ0n) is 23.0. The molecule has 2 nitrogen and oxygen atoms in total. The van der Waals surface area contributed by atoms with Crippen LogP contribution in [-0.4, -0.2) is 19.7 Å². The topological polar surface area (TPSA) is 26.3 Å². The van der Waals surface area contributed by atoms with E-state index in [2.05, 4.69) is 81.9 Å². The summed E-state index contributed by atoms with van der Waals surface area (Å²) >= 11 is 0. The second kappa shape index (κ2) is 12.2. The van der Waals surface area contributed by atoms with Crippen molar-refractivity contribution in [3.63, 3.8) is 0 Å². The van der Waals surface area contributed by atoms with E-state index in [1.165, 1.54) is 42.5 Å². The smallest absolute Gasteiger partial charge is 0.254 e. The summed E-state index contributed by atoms with van der Waals surface area (Å²) in [5.74, 6) is 0.873. The molecule has 0 spiro atoms. The molecule has 1 fully saturated rings. The highest BCUT2D eigenvalue weighted by Gasteiger charge is 2.49. The molecule has 0 saturated heterocycles. The largest absolute Gasteiger partial charge is 0.392 e. The Kier molecular flexibility index (Phi) is 8.99. The lowest BCUT2D eigenvalue weighted by molar-refractivity contribution is 0.0486. The minimum Gasteiger partial charge on any atom is -0.392 e. The number of benzene rings is 3. The molecular weight excluding hydrogens is 468 g/mol. The van der Waals surface area contributed by atoms with Crippen molar-refractivity contribution in [1.82, 2.24) is 0 Å². The van der Waals surface area contributed by atoms with Crippen molar-refractivity contribution in [3.8, 4) is 0 Å². The highest BCUT2D eigenvalue weighted by molar-refractivity contribution is 6.96. The number of hydrogen-bond donors (Lipinski definition) is 0. The van der Waals surface area contributed by atoms with Gasteiger partial charge in [0.2, 0.25) is 0 Å². The first-order valence-corrected chi connectivity index (χ1v) is 16.4. The molecule has 0 unspecified atom stereocenters. The van der Waals surface area contributed by atoms with Gasteiger partial charge >= 0.3 is 0 Å². The summed E-state index contributed by atoms with van der Waals surface area (Å²) in [4.78, 5) is 14.7. The van der Waals surface area contributed by atoms with Crippen LogP contribution >= 0.6 is 0 Å². The molecule has 0 aromatic heterocycles. The van der Waals surface area contributed by atoms with Crippen LogP contribution in [-0.2, 0) is 4.43 Å². The summed E-state index contributed by atoms with van der Waals surface area (Å²) in [6.07, 6.45) is 9.28. The summed E-state index contributed by atoms with van der Waals surface area (Å²) in [7, 11) is -2.79. The summed E-state index contributed by atoms with van der Waals surface area (Å²) < 4.78 is 7.55. The lowest BCUT2D eigenvalue weighted by atomic mass is 9.77. The van der Waals surface area contributed by atoms with Gasteiger partial charge in [-0.2, -0.15) is 0 Å². The quantitative estimate of drug-likeness (QED) is 0.160. The minimum absolute atomic E-state index is 0.0805. The van der Waals surface area contributed by atoms with Crippen molar-refractivity contribution in [2.75, 3.05) is 0 Å². The normalized spacial score (nSPS) is 16.9. The number of carbonyl (C=O) groups is 1. The average molecular weight is 511 g/mol. The molecule has 1 atom stereocenters. The van der Waals surface area contributed by atoms with Gasteiger partial charge in [0, 0.05) is 5.56 Å². The van der Waals surface area contributed by atoms with E-state index >= 15 is 0 Å². The van der Waals surface area contributed by atoms with Crippen LogP contribution in [0.3, 0.4) is 0 Å². The van der Waals surface area contributed by atoms with Crippen LogP contribution < -0.4 is 10.4 Å². The Labute approximate surface area is 224 Å². The SMILES string of the molecule is C/C(=C\C1CCCCC1)[C@](CC(C)C)(O[Si](C)(c1ccccc1)c1ccccc1)C(=O)c1ccccc1. The van der Waals surface area contributed by atoms with Gasteiger partial charge in [0.25, 0.3) is 8.32 Å². The van der Waals surface area contributed by atoms with Crippen LogP contribution in [0.15, 0.2) is 103 Å². The summed E-state index contributed by atoms with van der Waals surface area (Å²) in [5.41, 5.74) is 0.768. The molecule has 0 aliphatic heterocycles. The van der Waals surface area contributed by atoms with Gasteiger partial charge in [-0.1, -0.05) is 130 Å². The third-order valence-electron chi connectivity index (χ3n) is 7.90. The Balaban J connectivity index is 1.92. The second-order valence-corrected chi connectivity index (χ2v) is 14.7. The number of allylic oxidation sites excluding steroid dienone is 1. The Hall–Kier alpha value is -2.75. The summed E-state index contributed by atoms with van der Waals surface area (Å²) in [6.45, 7) is 8.82. The van der Waals surface area contributed by atoms with E-state index in [4.69, 9.17) is 4.43 Å². The molecule has 1 saturated carbocycles. The average Bonchev–Trinajstić information content (AvgIpc) is 2.94. The molecule has 3 aromatic rings. The van der Waals surface area contributed by atoms with E-state index in [-0.39, 0.29) is 11.7 Å². The molecule has 0 heterocycles. The molecule has 3 heteroatoms. The number of ketones is 1. The zero-order valence-corrected chi connectivity index (χ0v) is 24.0. The van der Waals surface area contributed by atoms with Crippen LogP contribution in [0.2, 0.25) is 6.55 Å². The third-order valence-corrected chi connectivity index (χ3v) is 11.5. The van der Waals surface area contributed by atoms with Gasteiger partial charge in [0.1, 0.15) is 5.60 Å². The van der Waals surface area contributed by atoms with Gasteiger partial charge in [-0.3, -0.25) is 4.79 Å². The minimum atomic E-state index is -2.79. The number of rotatable bonds is 10. The van der Waals surface area contributed by atoms with Crippen LogP contribution in [0.5, 0.6) is 0 Å². The van der Waals surface area contributed by atoms with Gasteiger partial charge in [0.15, 0.2) is 5.78 Å². The van der Waals surface area contributed by atoms with Crippen LogP contribution in [0, 0.1) is 11.8 Å². The number of Topliss-reactive ketones (excluding diaryl/α,β-unsaturated/α-hetero) is 1. The fraction of sp³-hybridized carbons (Fsp3) is 0.382. The van der Waals surface area contributed by atoms with Gasteiger partial charge in [-0.25, -0.2) is 0 Å². The number of carbonyl (C=O) groups excluding carboxylic acids is 1. The fourth-order valence-electron chi connectivity index (χ4n) is 5.93. The first kappa shape index (κ1) is 27.3. The summed E-state index contributed by atoms with van der Waals surface area (Å²) in [6, 6.07) is 30.9. The molecule has 1 aliphatic carbocycles. The van der Waals surface area contributed by atoms with Gasteiger partial charge in [-0.05, 0) is 60.5 Å². The van der Waals surface area contributed by atoms with E-state index in [1.807, 2.05) is 42.5 Å². The molecule has 0 amide bonds. The Morgan fingerprint density at radius 3 is 1.84 bits per heavy atom. The molecule has 3 aromatic carbocycles. The predicted octanol–water partition coefficient (Wildman–Crippen LogP) is 7.59. The highest BCUT2D eigenvalue weighted by atomic mass is 28.4. The molecule has 0 radical (unpaired) electrons. The molecular formula is C34H42O2Si. The van der Waals surface area contributed by atoms with E-state index in [1.54, 1.807) is 0 Å². The first-order valence-electron chi connectivity index (χ1n) is 13.9. The summed E-state index contributed by atoms with van der Waals surface area (Å²) in [5, 5.41) is 2.36. The van der Waals surface area contributed by atoms with Crippen LogP contribution in [0.25, 0.3) is 0 Å². The van der Waals surface area contributed by atoms with E-state index in [0.29, 0.717) is 12.3 Å². The molecule has 194 valence electrons. The van der Waals surface area contributed by atoms with Crippen LogP contribution in [0.1, 0.15) is 69.7 Å². The van der Waals surface area contributed by atoms with Crippen molar-refractivity contribution in [2.45, 2.75) is 71.4 Å². The maximum absolute atomic E-state index is 14.7. The maximum Gasteiger partial charge on any atom is 0.254 e. The zero-order chi connectivity index (χ0) is 26.3. The Bertz CT molecular complexity index is 1120. The lowest BCUT2D eigenvalue weighted by Crippen LogP contribution is -2.64. The standard InChI is InChI=1S/C34H42O2Si/c1-27(2)26-34(33(35)30-19-11-6-12-20-30,28(3)25-29-17-9-5-10-18-29)36-37(4,31-21-13-7-14-22-31)32-23-15-8-16-24-32/h6-8,11-16,19-25,27,29H,5,9-10,17-18,26H2,1-4H3/b28-25+/t34-/m0/s1. The maximum atomic E-state index is 14.7. The molecule has 0 N–H and O–H groups in total. The fourth-order valence-corrected chi connectivity index (χ4v) is 9.19. The van der Waals surface area contributed by atoms with Gasteiger partial charge in [-0.15, -0.1) is 0 Å². The lowest BCUT2D eigenvalue weighted by Gasteiger charge is -2.43. The van der Waals surface area contributed by atoms with Crippen molar-refractivity contribution in [3.05, 3.63) is 108 Å². The molecule has 4 rings (SSSR count). The van der Waals surface area contributed by atoms with E-state index in [9.17, 15) is 4.79 Å². The predicted molar refractivity (Wildman–Crippen MR) is 158 cm³/mol.